The highest BCUT2D eigenvalue weighted by Gasteiger charge is 2.16. The highest BCUT2D eigenvalue weighted by molar-refractivity contribution is 7.11. The molecule has 0 radical (unpaired) electrons. The fourth-order valence-corrected chi connectivity index (χ4v) is 2.82. The lowest BCUT2D eigenvalue weighted by Crippen LogP contribution is -2.19. The lowest BCUT2D eigenvalue weighted by Gasteiger charge is -2.20. The predicted molar refractivity (Wildman–Crippen MR) is 59.1 cm³/mol. The molecule has 0 amide bonds. The maximum atomic E-state index is 10.3. The maximum absolute atomic E-state index is 10.3. The Hall–Kier alpha value is -0.740. The summed E-state index contributed by atoms with van der Waals surface area (Å²) in [6.07, 6.45) is 6.65. The third-order valence-electron chi connectivity index (χ3n) is 2.60. The minimum atomic E-state index is 0.499. The van der Waals surface area contributed by atoms with Crippen LogP contribution in [-0.4, -0.2) is 24.5 Å². The molecule has 1 aromatic heterocycles. The van der Waals surface area contributed by atoms with Crippen molar-refractivity contribution in [2.45, 2.75) is 25.7 Å². The Labute approximate surface area is 93.5 Å². The molecule has 0 aliphatic carbocycles. The molecule has 0 N–H and O–H groups in total. The first kappa shape index (κ1) is 10.8. The lowest BCUT2D eigenvalue weighted by atomic mass is 9.99. The van der Waals surface area contributed by atoms with E-state index < -0.39 is 0 Å². The summed E-state index contributed by atoms with van der Waals surface area (Å²) in [5, 5.41) is 1.14. The summed E-state index contributed by atoms with van der Waals surface area (Å²) in [6.45, 7) is 1.77. The minimum absolute atomic E-state index is 0.499. The van der Waals surface area contributed by atoms with E-state index in [1.54, 1.807) is 11.3 Å². The third kappa shape index (κ3) is 3.11. The second-order valence-corrected chi connectivity index (χ2v) is 5.08. The van der Waals surface area contributed by atoms with Gasteiger partial charge in [-0.3, -0.25) is 0 Å². The van der Waals surface area contributed by atoms with Crippen LogP contribution in [0.25, 0.3) is 0 Å². The second kappa shape index (κ2) is 5.37. The van der Waals surface area contributed by atoms with Gasteiger partial charge in [-0.25, -0.2) is 4.98 Å². The highest BCUT2D eigenvalue weighted by Crippen LogP contribution is 2.22. The van der Waals surface area contributed by atoms with Crippen LogP contribution in [-0.2, 0) is 22.4 Å². The predicted octanol–water partition coefficient (Wildman–Crippen LogP) is 1.85. The summed E-state index contributed by atoms with van der Waals surface area (Å²) in [4.78, 5) is 15.7. The molecule has 1 aliphatic rings. The highest BCUT2D eigenvalue weighted by atomic mass is 32.1. The number of hydrogen-bond donors (Lipinski definition) is 0. The quantitative estimate of drug-likeness (QED) is 0.734. The number of rotatable bonds is 4. The van der Waals surface area contributed by atoms with Gasteiger partial charge in [0.25, 0.3) is 0 Å². The molecule has 0 bridgehead atoms. The van der Waals surface area contributed by atoms with E-state index in [1.165, 1.54) is 6.42 Å². The molecule has 1 aliphatic heterocycles. The first-order valence-electron chi connectivity index (χ1n) is 5.33. The van der Waals surface area contributed by atoms with Crippen molar-refractivity contribution in [3.63, 3.8) is 0 Å². The number of aldehydes is 1. The van der Waals surface area contributed by atoms with Gasteiger partial charge in [-0.2, -0.15) is 0 Å². The van der Waals surface area contributed by atoms with Gasteiger partial charge in [0, 0.05) is 37.1 Å². The van der Waals surface area contributed by atoms with E-state index in [1.807, 2.05) is 6.20 Å². The zero-order valence-electron chi connectivity index (χ0n) is 8.65. The van der Waals surface area contributed by atoms with Gasteiger partial charge in [-0.1, -0.05) is 0 Å². The van der Waals surface area contributed by atoms with Gasteiger partial charge < -0.3 is 9.53 Å². The number of hydrogen-bond acceptors (Lipinski definition) is 4. The first-order chi connectivity index (χ1) is 7.38. The van der Waals surface area contributed by atoms with Crippen LogP contribution in [0.4, 0.5) is 0 Å². The van der Waals surface area contributed by atoms with Gasteiger partial charge in [0.2, 0.25) is 0 Å². The molecule has 1 aromatic rings. The lowest BCUT2D eigenvalue weighted by molar-refractivity contribution is -0.107. The minimum Gasteiger partial charge on any atom is -0.381 e. The van der Waals surface area contributed by atoms with Crippen LogP contribution in [0.3, 0.4) is 0 Å². The molecule has 1 unspecified atom stereocenters. The molecular weight excluding hydrogens is 210 g/mol. The van der Waals surface area contributed by atoms with Crippen molar-refractivity contribution in [1.29, 1.82) is 0 Å². The molecule has 0 aromatic carbocycles. The van der Waals surface area contributed by atoms with Crippen molar-refractivity contribution in [1.82, 2.24) is 4.98 Å². The van der Waals surface area contributed by atoms with Crippen molar-refractivity contribution >= 4 is 17.6 Å². The van der Waals surface area contributed by atoms with E-state index in [0.717, 1.165) is 42.2 Å². The Morgan fingerprint density at radius 2 is 2.60 bits per heavy atom. The monoisotopic (exact) mass is 225 g/mol. The van der Waals surface area contributed by atoms with Gasteiger partial charge >= 0.3 is 0 Å². The Kier molecular flexibility index (Phi) is 3.86. The van der Waals surface area contributed by atoms with E-state index in [9.17, 15) is 4.79 Å². The van der Waals surface area contributed by atoms with E-state index in [0.29, 0.717) is 12.3 Å². The molecule has 0 spiro atoms. The number of carbonyl (C=O) groups is 1. The van der Waals surface area contributed by atoms with Crippen molar-refractivity contribution < 1.29 is 9.53 Å². The average molecular weight is 225 g/mol. The summed E-state index contributed by atoms with van der Waals surface area (Å²) in [5.41, 5.74) is 0. The van der Waals surface area contributed by atoms with Crippen LogP contribution in [0, 0.1) is 5.92 Å². The molecule has 82 valence electrons. The number of carbonyl (C=O) groups excluding carboxylic acids is 1. The summed E-state index contributed by atoms with van der Waals surface area (Å²) in [6, 6.07) is 0. The van der Waals surface area contributed by atoms with Crippen molar-refractivity contribution in [3.8, 4) is 0 Å². The maximum Gasteiger partial charge on any atom is 0.125 e. The molecule has 1 saturated heterocycles. The molecular formula is C11H15NO2S. The largest absolute Gasteiger partial charge is 0.381 e. The molecule has 2 heterocycles. The van der Waals surface area contributed by atoms with Crippen LogP contribution in [0.5, 0.6) is 0 Å². The fraction of sp³-hybridized carbons (Fsp3) is 0.636. The Morgan fingerprint density at radius 1 is 1.67 bits per heavy atom. The molecule has 3 nitrogen and oxygen atoms in total. The van der Waals surface area contributed by atoms with Crippen LogP contribution >= 0.6 is 11.3 Å². The van der Waals surface area contributed by atoms with Crippen molar-refractivity contribution in [3.05, 3.63) is 16.1 Å². The molecule has 2 rings (SSSR count). The molecule has 1 fully saturated rings. The second-order valence-electron chi connectivity index (χ2n) is 3.88. The number of ether oxygens (including phenoxy) is 1. The van der Waals surface area contributed by atoms with Crippen LogP contribution in [0.2, 0.25) is 0 Å². The van der Waals surface area contributed by atoms with Gasteiger partial charge in [0.1, 0.15) is 6.29 Å². The Morgan fingerprint density at radius 3 is 3.33 bits per heavy atom. The fourth-order valence-electron chi connectivity index (χ4n) is 1.83. The number of aromatic nitrogens is 1. The van der Waals surface area contributed by atoms with Crippen molar-refractivity contribution in [2.75, 3.05) is 13.2 Å². The van der Waals surface area contributed by atoms with Crippen LogP contribution in [0.1, 0.15) is 22.7 Å². The topological polar surface area (TPSA) is 39.2 Å². The van der Waals surface area contributed by atoms with Gasteiger partial charge in [0.15, 0.2) is 0 Å². The van der Waals surface area contributed by atoms with Gasteiger partial charge in [0.05, 0.1) is 5.01 Å². The molecule has 0 saturated carbocycles. The van der Waals surface area contributed by atoms with Crippen LogP contribution < -0.4 is 0 Å². The summed E-state index contributed by atoms with van der Waals surface area (Å²) in [5.74, 6) is 0.619. The standard InChI is InChI=1S/C11H15NO2S/c13-4-3-10-7-12-11(15-10)6-9-2-1-5-14-8-9/h4,7,9H,1-3,5-6,8H2. The summed E-state index contributed by atoms with van der Waals surface area (Å²) in [7, 11) is 0. The Balaban J connectivity index is 1.88. The van der Waals surface area contributed by atoms with E-state index in [4.69, 9.17) is 4.74 Å². The zero-order valence-corrected chi connectivity index (χ0v) is 9.46. The average Bonchev–Trinajstić information content (AvgIpc) is 2.68. The van der Waals surface area contributed by atoms with Crippen molar-refractivity contribution in [2.24, 2.45) is 5.92 Å². The Bertz CT molecular complexity index is 318. The van der Waals surface area contributed by atoms with E-state index in [2.05, 4.69) is 4.98 Å². The zero-order chi connectivity index (χ0) is 10.5. The van der Waals surface area contributed by atoms with E-state index in [-0.39, 0.29) is 0 Å². The normalized spacial score (nSPS) is 21.5. The summed E-state index contributed by atoms with van der Waals surface area (Å²) < 4.78 is 5.43. The van der Waals surface area contributed by atoms with Crippen LogP contribution in [0.15, 0.2) is 6.20 Å². The smallest absolute Gasteiger partial charge is 0.125 e. The molecule has 15 heavy (non-hydrogen) atoms. The van der Waals surface area contributed by atoms with Gasteiger partial charge in [-0.15, -0.1) is 11.3 Å². The first-order valence-corrected chi connectivity index (χ1v) is 6.15. The SMILES string of the molecule is O=CCc1cnc(CC2CCCOC2)s1. The molecule has 4 heteroatoms. The van der Waals surface area contributed by atoms with E-state index >= 15 is 0 Å². The third-order valence-corrected chi connectivity index (χ3v) is 3.65. The number of thiazole rings is 1. The number of nitrogens with zero attached hydrogens (tertiary/aromatic N) is 1. The molecule has 1 atom stereocenters. The van der Waals surface area contributed by atoms with Gasteiger partial charge in [-0.05, 0) is 18.8 Å². The summed E-state index contributed by atoms with van der Waals surface area (Å²) >= 11 is 1.65.